The molecular weight excluding hydrogens is 391 g/mol. The van der Waals surface area contributed by atoms with Crippen molar-refractivity contribution in [2.45, 2.75) is 32.2 Å². The summed E-state index contributed by atoms with van der Waals surface area (Å²) in [5, 5.41) is 5.82. The number of ether oxygens (including phenoxy) is 1. The van der Waals surface area contributed by atoms with Crippen LogP contribution in [0.4, 0.5) is 19.1 Å². The van der Waals surface area contributed by atoms with Crippen molar-refractivity contribution in [2.24, 2.45) is 0 Å². The number of thiophene rings is 1. The maximum absolute atomic E-state index is 13.9. The molecule has 1 unspecified atom stereocenters. The minimum atomic E-state index is -4.77. The largest absolute Gasteiger partial charge is 0.459 e. The number of nitrogens with one attached hydrogen (secondary N) is 1. The molecule has 1 atom stereocenters. The molecule has 3 heterocycles. The molecule has 0 saturated carbocycles. The van der Waals surface area contributed by atoms with E-state index in [1.165, 1.54) is 11.3 Å². The Bertz CT molecular complexity index is 1070. The van der Waals surface area contributed by atoms with Crippen LogP contribution < -0.4 is 5.32 Å². The van der Waals surface area contributed by atoms with Crippen LogP contribution in [-0.4, -0.2) is 27.8 Å². The number of nitrogens with zero attached hydrogens (tertiary/aromatic N) is 2. The number of rotatable bonds is 3. The summed E-state index contributed by atoms with van der Waals surface area (Å²) in [6.45, 7) is 3.19. The lowest BCUT2D eigenvalue weighted by Crippen LogP contribution is -2.35. The highest BCUT2D eigenvalue weighted by Crippen LogP contribution is 2.44. The van der Waals surface area contributed by atoms with Crippen molar-refractivity contribution in [3.8, 4) is 0 Å². The monoisotopic (exact) mass is 407 g/mol. The molecule has 2 aromatic heterocycles. The Kier molecular flexibility index (Phi) is 4.41. The number of allylic oxidation sites excluding steroid dienone is 1. The van der Waals surface area contributed by atoms with Gasteiger partial charge in [0.25, 0.3) is 0 Å². The summed E-state index contributed by atoms with van der Waals surface area (Å²) in [5.41, 5.74) is 0.100. The van der Waals surface area contributed by atoms with Crippen molar-refractivity contribution < 1.29 is 22.7 Å². The van der Waals surface area contributed by atoms with Gasteiger partial charge in [-0.15, -0.1) is 0 Å². The van der Waals surface area contributed by atoms with Gasteiger partial charge in [0.1, 0.15) is 5.70 Å². The van der Waals surface area contributed by atoms with E-state index in [4.69, 9.17) is 4.74 Å². The molecule has 1 aliphatic heterocycles. The van der Waals surface area contributed by atoms with Gasteiger partial charge >= 0.3 is 12.1 Å². The first-order chi connectivity index (χ1) is 13.3. The second-order valence-electron chi connectivity index (χ2n) is 6.62. The number of esters is 1. The van der Waals surface area contributed by atoms with E-state index in [1.54, 1.807) is 59.5 Å². The Balaban J connectivity index is 2.02. The molecule has 0 fully saturated rings. The number of aromatic nitrogens is 2. The van der Waals surface area contributed by atoms with Crippen LogP contribution in [0.3, 0.4) is 0 Å². The second kappa shape index (κ2) is 6.66. The van der Waals surface area contributed by atoms with Gasteiger partial charge in [0, 0.05) is 0 Å². The van der Waals surface area contributed by atoms with E-state index in [0.717, 1.165) is 0 Å². The number of fused-ring (bicyclic) bond motifs is 3. The lowest BCUT2D eigenvalue weighted by molar-refractivity contribution is -0.144. The average Bonchev–Trinajstić information content (AvgIpc) is 3.26. The predicted octanol–water partition coefficient (Wildman–Crippen LogP) is 4.88. The highest BCUT2D eigenvalue weighted by molar-refractivity contribution is 7.08. The van der Waals surface area contributed by atoms with E-state index in [2.05, 4.69) is 10.3 Å². The molecule has 0 saturated heterocycles. The lowest BCUT2D eigenvalue weighted by Gasteiger charge is -2.31. The van der Waals surface area contributed by atoms with Crippen LogP contribution in [0.5, 0.6) is 0 Å². The van der Waals surface area contributed by atoms with Crippen LogP contribution in [0.2, 0.25) is 0 Å². The number of imidazole rings is 1. The molecule has 0 bridgehead atoms. The van der Waals surface area contributed by atoms with Gasteiger partial charge in [-0.1, -0.05) is 12.1 Å². The molecule has 0 amide bonds. The molecule has 0 spiro atoms. The summed E-state index contributed by atoms with van der Waals surface area (Å²) in [6, 6.07) is 7.71. The molecule has 1 N–H and O–H groups in total. The first-order valence-corrected chi connectivity index (χ1v) is 9.50. The summed E-state index contributed by atoms with van der Waals surface area (Å²) >= 11 is 1.34. The van der Waals surface area contributed by atoms with Crippen molar-refractivity contribution in [3.05, 3.63) is 57.9 Å². The fraction of sp³-hybridized carbons (Fsp3) is 0.263. The van der Waals surface area contributed by atoms with E-state index < -0.39 is 35.6 Å². The highest BCUT2D eigenvalue weighted by atomic mass is 32.1. The molecule has 28 heavy (non-hydrogen) atoms. The highest BCUT2D eigenvalue weighted by Gasteiger charge is 2.46. The van der Waals surface area contributed by atoms with Crippen molar-refractivity contribution >= 4 is 34.3 Å². The Morgan fingerprint density at radius 3 is 2.68 bits per heavy atom. The summed E-state index contributed by atoms with van der Waals surface area (Å²) in [7, 11) is 0. The van der Waals surface area contributed by atoms with Gasteiger partial charge < -0.3 is 10.1 Å². The van der Waals surface area contributed by atoms with Crippen molar-refractivity contribution in [1.29, 1.82) is 0 Å². The Morgan fingerprint density at radius 2 is 2.04 bits per heavy atom. The van der Waals surface area contributed by atoms with Gasteiger partial charge in [0.05, 0.1) is 28.8 Å². The Morgan fingerprint density at radius 1 is 1.29 bits per heavy atom. The van der Waals surface area contributed by atoms with E-state index in [0.29, 0.717) is 16.6 Å². The molecule has 1 aromatic carbocycles. The zero-order valence-corrected chi connectivity index (χ0v) is 15.8. The molecule has 0 radical (unpaired) electrons. The quantitative estimate of drug-likeness (QED) is 0.629. The standard InChI is InChI=1S/C19H16F3N3O2S/c1-10(2)27-17(26)14-15(11-7-8-28-9-11)25-13-6-4-3-5-12(13)23-18(25)24-16(14)19(20,21)22/h3-10,15H,1-2H3,(H,23,24). The summed E-state index contributed by atoms with van der Waals surface area (Å²) in [4.78, 5) is 17.1. The van der Waals surface area contributed by atoms with Crippen molar-refractivity contribution in [1.82, 2.24) is 9.55 Å². The zero-order chi connectivity index (χ0) is 20.1. The first kappa shape index (κ1) is 18.5. The smallest absolute Gasteiger partial charge is 0.431 e. The van der Waals surface area contributed by atoms with Crippen molar-refractivity contribution in [2.75, 3.05) is 5.32 Å². The summed E-state index contributed by atoms with van der Waals surface area (Å²) < 4.78 is 48.5. The molecule has 0 aliphatic carbocycles. The number of carbonyl (C=O) groups excluding carboxylic acids is 1. The number of halogens is 3. The number of hydrogen-bond acceptors (Lipinski definition) is 5. The molecule has 146 valence electrons. The van der Waals surface area contributed by atoms with Gasteiger partial charge in [-0.2, -0.15) is 24.5 Å². The molecule has 3 aromatic rings. The SMILES string of the molecule is CC(C)OC(=O)C1=C(C(F)(F)F)Nc2nc3ccccc3n2C1c1ccsc1. The number of alkyl halides is 3. The van der Waals surface area contributed by atoms with Crippen LogP contribution in [0.1, 0.15) is 25.5 Å². The zero-order valence-electron chi connectivity index (χ0n) is 14.9. The maximum atomic E-state index is 13.9. The Hall–Kier alpha value is -2.81. The number of hydrogen-bond donors (Lipinski definition) is 1. The lowest BCUT2D eigenvalue weighted by atomic mass is 9.96. The number of anilines is 1. The second-order valence-corrected chi connectivity index (χ2v) is 7.40. The minimum Gasteiger partial charge on any atom is -0.459 e. The Labute approximate surface area is 162 Å². The van der Waals surface area contributed by atoms with Gasteiger partial charge in [0.2, 0.25) is 5.95 Å². The van der Waals surface area contributed by atoms with E-state index >= 15 is 0 Å². The molecular formula is C19H16F3N3O2S. The van der Waals surface area contributed by atoms with Crippen LogP contribution in [0.15, 0.2) is 52.4 Å². The summed E-state index contributed by atoms with van der Waals surface area (Å²) in [5.74, 6) is -0.972. The summed E-state index contributed by atoms with van der Waals surface area (Å²) in [6.07, 6.45) is -5.33. The third-order valence-corrected chi connectivity index (χ3v) is 5.04. The van der Waals surface area contributed by atoms with Gasteiger partial charge in [-0.3, -0.25) is 4.57 Å². The van der Waals surface area contributed by atoms with E-state index in [1.807, 2.05) is 0 Å². The van der Waals surface area contributed by atoms with Crippen LogP contribution in [0, 0.1) is 0 Å². The molecule has 4 rings (SSSR count). The fourth-order valence-corrected chi connectivity index (χ4v) is 3.98. The van der Waals surface area contributed by atoms with Gasteiger partial charge in [-0.25, -0.2) is 9.78 Å². The van der Waals surface area contributed by atoms with E-state index in [9.17, 15) is 18.0 Å². The van der Waals surface area contributed by atoms with Crippen LogP contribution >= 0.6 is 11.3 Å². The third kappa shape index (κ3) is 3.05. The first-order valence-electron chi connectivity index (χ1n) is 8.56. The normalized spacial score (nSPS) is 17.0. The number of carbonyl (C=O) groups is 1. The van der Waals surface area contributed by atoms with Crippen molar-refractivity contribution in [3.63, 3.8) is 0 Å². The predicted molar refractivity (Wildman–Crippen MR) is 100 cm³/mol. The topological polar surface area (TPSA) is 56.1 Å². The molecule has 5 nitrogen and oxygen atoms in total. The third-order valence-electron chi connectivity index (χ3n) is 4.34. The van der Waals surface area contributed by atoms with Crippen LogP contribution in [-0.2, 0) is 9.53 Å². The van der Waals surface area contributed by atoms with E-state index in [-0.39, 0.29) is 5.95 Å². The van der Waals surface area contributed by atoms with Gasteiger partial charge in [0.15, 0.2) is 0 Å². The maximum Gasteiger partial charge on any atom is 0.431 e. The number of benzene rings is 1. The fourth-order valence-electron chi connectivity index (χ4n) is 3.30. The minimum absolute atomic E-state index is 0.0332. The number of para-hydroxylation sites is 2. The average molecular weight is 407 g/mol. The molecule has 9 heteroatoms. The molecule has 1 aliphatic rings. The van der Waals surface area contributed by atoms with Crippen LogP contribution in [0.25, 0.3) is 11.0 Å². The van der Waals surface area contributed by atoms with Gasteiger partial charge in [-0.05, 0) is 48.4 Å².